The van der Waals surface area contributed by atoms with Crippen molar-refractivity contribution < 1.29 is 4.74 Å². The molecule has 0 bridgehead atoms. The minimum absolute atomic E-state index is 0.430. The molecular formula is C20H25NO. The van der Waals surface area contributed by atoms with E-state index >= 15 is 0 Å². The Morgan fingerprint density at radius 3 is 2.23 bits per heavy atom. The summed E-state index contributed by atoms with van der Waals surface area (Å²) in [6, 6.07) is 15.1. The van der Waals surface area contributed by atoms with E-state index in [-0.39, 0.29) is 0 Å². The molecule has 1 N–H and O–H groups in total. The van der Waals surface area contributed by atoms with Gasteiger partial charge in [-0.2, -0.15) is 0 Å². The molecule has 1 fully saturated rings. The molecule has 0 radical (unpaired) electrons. The van der Waals surface area contributed by atoms with Gasteiger partial charge in [0.2, 0.25) is 0 Å². The maximum atomic E-state index is 6.00. The number of nitrogens with one attached hydrogen (secondary N) is 1. The summed E-state index contributed by atoms with van der Waals surface area (Å²) in [5.41, 5.74) is 5.05. The molecule has 1 aliphatic carbocycles. The number of benzene rings is 2. The third kappa shape index (κ3) is 4.03. The van der Waals surface area contributed by atoms with Crippen LogP contribution in [0.2, 0.25) is 0 Å². The predicted octanol–water partition coefficient (Wildman–Crippen LogP) is 5.24. The Kier molecular flexibility index (Phi) is 4.67. The average molecular weight is 295 g/mol. The number of aryl methyl sites for hydroxylation is 2. The normalized spacial score (nSPS) is 15.0. The highest BCUT2D eigenvalue weighted by Crippen LogP contribution is 2.24. The van der Waals surface area contributed by atoms with Crippen LogP contribution in [0.4, 0.5) is 5.69 Å². The van der Waals surface area contributed by atoms with E-state index in [1.807, 2.05) is 0 Å². The van der Waals surface area contributed by atoms with Crippen LogP contribution in [0.1, 0.15) is 42.4 Å². The highest BCUT2D eigenvalue weighted by atomic mass is 16.5. The van der Waals surface area contributed by atoms with Gasteiger partial charge in [0.15, 0.2) is 0 Å². The van der Waals surface area contributed by atoms with Gasteiger partial charge in [0.1, 0.15) is 5.75 Å². The summed E-state index contributed by atoms with van der Waals surface area (Å²) >= 11 is 0. The lowest BCUT2D eigenvalue weighted by Gasteiger charge is -2.13. The fraction of sp³-hybridized carbons (Fsp3) is 0.400. The molecule has 1 saturated carbocycles. The van der Waals surface area contributed by atoms with E-state index in [0.717, 1.165) is 12.3 Å². The van der Waals surface area contributed by atoms with E-state index in [0.29, 0.717) is 6.10 Å². The first-order valence-electron chi connectivity index (χ1n) is 8.27. The molecule has 0 saturated heterocycles. The molecule has 0 aliphatic heterocycles. The molecular weight excluding hydrogens is 270 g/mol. The molecule has 0 spiro atoms. The summed E-state index contributed by atoms with van der Waals surface area (Å²) in [5.74, 6) is 1.00. The van der Waals surface area contributed by atoms with Crippen LogP contribution in [0.5, 0.6) is 5.75 Å². The molecule has 2 heteroatoms. The topological polar surface area (TPSA) is 21.3 Å². The molecule has 2 aromatic carbocycles. The fourth-order valence-corrected chi connectivity index (χ4v) is 3.17. The van der Waals surface area contributed by atoms with Crippen LogP contribution in [0.3, 0.4) is 0 Å². The van der Waals surface area contributed by atoms with Crippen molar-refractivity contribution in [3.63, 3.8) is 0 Å². The first-order chi connectivity index (χ1) is 10.7. The summed E-state index contributed by atoms with van der Waals surface area (Å²) in [5, 5.41) is 3.49. The van der Waals surface area contributed by atoms with Gasteiger partial charge in [0.05, 0.1) is 6.10 Å². The van der Waals surface area contributed by atoms with Crippen molar-refractivity contribution in [3.05, 3.63) is 59.2 Å². The Labute approximate surface area is 133 Å². The van der Waals surface area contributed by atoms with Crippen LogP contribution in [0, 0.1) is 13.8 Å². The van der Waals surface area contributed by atoms with E-state index in [1.54, 1.807) is 0 Å². The molecule has 1 aliphatic rings. The Bertz CT molecular complexity index is 592. The second-order valence-corrected chi connectivity index (χ2v) is 6.40. The highest BCUT2D eigenvalue weighted by Gasteiger charge is 2.16. The Hall–Kier alpha value is -1.96. The number of hydrogen-bond acceptors (Lipinski definition) is 2. The number of anilines is 1. The van der Waals surface area contributed by atoms with Crippen molar-refractivity contribution in [2.45, 2.75) is 52.2 Å². The average Bonchev–Trinajstić information content (AvgIpc) is 2.98. The van der Waals surface area contributed by atoms with Crippen molar-refractivity contribution >= 4 is 5.69 Å². The van der Waals surface area contributed by atoms with E-state index in [1.165, 1.54) is 48.1 Å². The first kappa shape index (κ1) is 15.0. The molecule has 0 amide bonds. The monoisotopic (exact) mass is 295 g/mol. The first-order valence-corrected chi connectivity index (χ1v) is 8.27. The minimum atomic E-state index is 0.430. The largest absolute Gasteiger partial charge is 0.490 e. The van der Waals surface area contributed by atoms with Crippen molar-refractivity contribution in [1.29, 1.82) is 0 Å². The molecule has 116 valence electrons. The fourth-order valence-electron chi connectivity index (χ4n) is 3.17. The third-order valence-corrected chi connectivity index (χ3v) is 4.25. The Morgan fingerprint density at radius 2 is 1.59 bits per heavy atom. The summed E-state index contributed by atoms with van der Waals surface area (Å²) in [6.45, 7) is 5.10. The van der Waals surface area contributed by atoms with Gasteiger partial charge in [-0.05, 0) is 80.5 Å². The van der Waals surface area contributed by atoms with Gasteiger partial charge in [-0.15, -0.1) is 0 Å². The quantitative estimate of drug-likeness (QED) is 0.814. The molecule has 0 atom stereocenters. The Morgan fingerprint density at radius 1 is 0.955 bits per heavy atom. The number of ether oxygens (including phenoxy) is 1. The SMILES string of the molecule is Cc1cc(C)cc(NCc2ccc(OC3CCCC3)cc2)c1. The summed E-state index contributed by atoms with van der Waals surface area (Å²) in [6.07, 6.45) is 5.45. The molecule has 2 aromatic rings. The van der Waals surface area contributed by atoms with Crippen molar-refractivity contribution in [2.24, 2.45) is 0 Å². The van der Waals surface area contributed by atoms with Crippen molar-refractivity contribution in [1.82, 2.24) is 0 Å². The summed E-state index contributed by atoms with van der Waals surface area (Å²) in [7, 11) is 0. The molecule has 3 rings (SSSR count). The second kappa shape index (κ2) is 6.87. The number of rotatable bonds is 5. The summed E-state index contributed by atoms with van der Waals surface area (Å²) in [4.78, 5) is 0. The van der Waals surface area contributed by atoms with E-state index in [4.69, 9.17) is 4.74 Å². The molecule has 22 heavy (non-hydrogen) atoms. The minimum Gasteiger partial charge on any atom is -0.490 e. The smallest absolute Gasteiger partial charge is 0.119 e. The molecule has 0 aromatic heterocycles. The zero-order valence-electron chi connectivity index (χ0n) is 13.6. The summed E-state index contributed by atoms with van der Waals surface area (Å²) < 4.78 is 6.00. The maximum Gasteiger partial charge on any atom is 0.119 e. The van der Waals surface area contributed by atoms with Gasteiger partial charge in [0, 0.05) is 12.2 Å². The molecule has 0 heterocycles. The lowest BCUT2D eigenvalue weighted by molar-refractivity contribution is 0.210. The lowest BCUT2D eigenvalue weighted by Crippen LogP contribution is -2.10. The van der Waals surface area contributed by atoms with Crippen molar-refractivity contribution in [3.8, 4) is 5.75 Å². The van der Waals surface area contributed by atoms with Crippen LogP contribution in [-0.4, -0.2) is 6.10 Å². The molecule has 2 nitrogen and oxygen atoms in total. The standard InChI is InChI=1S/C20H25NO/c1-15-11-16(2)13-18(12-15)21-14-17-7-9-20(10-8-17)22-19-5-3-4-6-19/h7-13,19,21H,3-6,14H2,1-2H3. The van der Waals surface area contributed by atoms with Crippen LogP contribution in [0.15, 0.2) is 42.5 Å². The highest BCUT2D eigenvalue weighted by molar-refractivity contribution is 5.48. The second-order valence-electron chi connectivity index (χ2n) is 6.40. The van der Waals surface area contributed by atoms with Gasteiger partial charge in [-0.1, -0.05) is 18.2 Å². The van der Waals surface area contributed by atoms with E-state index < -0.39 is 0 Å². The van der Waals surface area contributed by atoms with E-state index in [9.17, 15) is 0 Å². The van der Waals surface area contributed by atoms with Crippen LogP contribution < -0.4 is 10.1 Å². The zero-order valence-corrected chi connectivity index (χ0v) is 13.6. The van der Waals surface area contributed by atoms with Gasteiger partial charge >= 0.3 is 0 Å². The third-order valence-electron chi connectivity index (χ3n) is 4.25. The lowest BCUT2D eigenvalue weighted by atomic mass is 10.1. The van der Waals surface area contributed by atoms with E-state index in [2.05, 4.69) is 61.6 Å². The van der Waals surface area contributed by atoms with Gasteiger partial charge in [0.25, 0.3) is 0 Å². The van der Waals surface area contributed by atoms with Crippen molar-refractivity contribution in [2.75, 3.05) is 5.32 Å². The van der Waals surface area contributed by atoms with Crippen LogP contribution in [0.25, 0.3) is 0 Å². The van der Waals surface area contributed by atoms with Gasteiger partial charge in [-0.25, -0.2) is 0 Å². The molecule has 0 unspecified atom stereocenters. The Balaban J connectivity index is 1.56. The zero-order chi connectivity index (χ0) is 15.4. The van der Waals surface area contributed by atoms with Gasteiger partial charge < -0.3 is 10.1 Å². The number of hydrogen-bond donors (Lipinski definition) is 1. The van der Waals surface area contributed by atoms with Gasteiger partial charge in [-0.3, -0.25) is 0 Å². The van der Waals surface area contributed by atoms with Crippen LogP contribution >= 0.6 is 0 Å². The maximum absolute atomic E-state index is 6.00. The predicted molar refractivity (Wildman–Crippen MR) is 92.6 cm³/mol. The van der Waals surface area contributed by atoms with Crippen LogP contribution in [-0.2, 0) is 6.54 Å².